The van der Waals surface area contributed by atoms with Gasteiger partial charge < -0.3 is 5.32 Å². The first-order chi connectivity index (χ1) is 14.8. The number of nitrogens with zero attached hydrogens (tertiary/aromatic N) is 1. The topological polar surface area (TPSA) is 118 Å². The van der Waals surface area contributed by atoms with Crippen LogP contribution in [0.5, 0.6) is 0 Å². The van der Waals surface area contributed by atoms with Crippen LogP contribution in [0.2, 0.25) is 5.02 Å². The molecular formula is C21H18ClN3O5S. The Morgan fingerprint density at radius 2 is 1.68 bits per heavy atom. The van der Waals surface area contributed by atoms with Gasteiger partial charge in [0.15, 0.2) is 0 Å². The standard InChI is InChI=1S/C21H18ClN3O5S/c22-17-11-10-16(21(26)24-18-8-4-5-9-19(18)25(27)28)14-20(17)31(29,30)23-13-12-15-6-2-1-3-7-15/h1-11,14,23H,12-13H2,(H,24,26). The van der Waals surface area contributed by atoms with Gasteiger partial charge in [-0.1, -0.05) is 54.1 Å². The predicted molar refractivity (Wildman–Crippen MR) is 118 cm³/mol. The lowest BCUT2D eigenvalue weighted by molar-refractivity contribution is -0.383. The summed E-state index contributed by atoms with van der Waals surface area (Å²) < 4.78 is 27.9. The van der Waals surface area contributed by atoms with Crippen molar-refractivity contribution in [3.63, 3.8) is 0 Å². The van der Waals surface area contributed by atoms with E-state index in [1.165, 1.54) is 36.4 Å². The number of amides is 1. The molecule has 0 heterocycles. The lowest BCUT2D eigenvalue weighted by atomic mass is 10.2. The second-order valence-electron chi connectivity index (χ2n) is 6.51. The highest BCUT2D eigenvalue weighted by molar-refractivity contribution is 7.89. The minimum absolute atomic E-state index is 0.00200. The van der Waals surface area contributed by atoms with Crippen molar-refractivity contribution in [1.82, 2.24) is 4.72 Å². The molecular weight excluding hydrogens is 442 g/mol. The number of nitro groups is 1. The first kappa shape index (κ1) is 22.4. The second kappa shape index (κ2) is 9.69. The quantitative estimate of drug-likeness (QED) is 0.389. The number of nitro benzene ring substituents is 1. The molecule has 0 aromatic heterocycles. The summed E-state index contributed by atoms with van der Waals surface area (Å²) in [6, 6.07) is 18.8. The number of nitrogens with one attached hydrogen (secondary N) is 2. The fourth-order valence-corrected chi connectivity index (χ4v) is 4.39. The van der Waals surface area contributed by atoms with Gasteiger partial charge in [-0.2, -0.15) is 0 Å². The fourth-order valence-electron chi connectivity index (χ4n) is 2.84. The molecule has 3 aromatic carbocycles. The van der Waals surface area contributed by atoms with Gasteiger partial charge in [-0.25, -0.2) is 13.1 Å². The van der Waals surface area contributed by atoms with Crippen LogP contribution in [0.3, 0.4) is 0 Å². The van der Waals surface area contributed by atoms with Gasteiger partial charge in [-0.3, -0.25) is 14.9 Å². The van der Waals surface area contributed by atoms with E-state index >= 15 is 0 Å². The molecule has 3 aromatic rings. The summed E-state index contributed by atoms with van der Waals surface area (Å²) in [6.07, 6.45) is 0.482. The van der Waals surface area contributed by atoms with Gasteiger partial charge in [-0.15, -0.1) is 0 Å². The van der Waals surface area contributed by atoms with Crippen LogP contribution in [0.4, 0.5) is 11.4 Å². The number of carbonyl (C=O) groups is 1. The summed E-state index contributed by atoms with van der Waals surface area (Å²) in [5, 5.41) is 13.5. The Bertz CT molecular complexity index is 1220. The van der Waals surface area contributed by atoms with Gasteiger partial charge in [0.2, 0.25) is 10.0 Å². The molecule has 160 valence electrons. The zero-order valence-corrected chi connectivity index (χ0v) is 17.7. The molecule has 0 aliphatic rings. The SMILES string of the molecule is O=C(Nc1ccccc1[N+](=O)[O-])c1ccc(Cl)c(S(=O)(=O)NCCc2ccccc2)c1. The molecule has 3 rings (SSSR count). The van der Waals surface area contributed by atoms with E-state index in [1.807, 2.05) is 30.3 Å². The predicted octanol–water partition coefficient (Wildman–Crippen LogP) is 4.02. The normalized spacial score (nSPS) is 11.1. The number of hydrogen-bond acceptors (Lipinski definition) is 5. The molecule has 0 aliphatic heterocycles. The number of rotatable bonds is 8. The highest BCUT2D eigenvalue weighted by atomic mass is 35.5. The largest absolute Gasteiger partial charge is 0.316 e. The summed E-state index contributed by atoms with van der Waals surface area (Å²) in [6.45, 7) is 0.148. The van der Waals surface area contributed by atoms with Gasteiger partial charge in [0.05, 0.1) is 9.95 Å². The Balaban J connectivity index is 1.77. The lowest BCUT2D eigenvalue weighted by Gasteiger charge is -2.11. The smallest absolute Gasteiger partial charge is 0.292 e. The Morgan fingerprint density at radius 1 is 1.00 bits per heavy atom. The number of sulfonamides is 1. The van der Waals surface area contributed by atoms with E-state index in [1.54, 1.807) is 0 Å². The molecule has 0 aliphatic carbocycles. The Labute approximate surface area is 184 Å². The van der Waals surface area contributed by atoms with Crippen molar-refractivity contribution >= 4 is 38.9 Å². The van der Waals surface area contributed by atoms with Gasteiger partial charge in [0.25, 0.3) is 11.6 Å². The van der Waals surface area contributed by atoms with Crippen molar-refractivity contribution in [3.8, 4) is 0 Å². The average molecular weight is 460 g/mol. The number of benzene rings is 3. The molecule has 0 atom stereocenters. The van der Waals surface area contributed by atoms with Crippen LogP contribution in [-0.4, -0.2) is 25.8 Å². The van der Waals surface area contributed by atoms with Crippen LogP contribution >= 0.6 is 11.6 Å². The first-order valence-corrected chi connectivity index (χ1v) is 11.0. The number of anilines is 1. The highest BCUT2D eigenvalue weighted by Gasteiger charge is 2.21. The van der Waals surface area contributed by atoms with Crippen molar-refractivity contribution in [3.05, 3.63) is 99.1 Å². The van der Waals surface area contributed by atoms with Crippen molar-refractivity contribution in [2.75, 3.05) is 11.9 Å². The van der Waals surface area contributed by atoms with E-state index in [0.29, 0.717) is 6.42 Å². The molecule has 2 N–H and O–H groups in total. The van der Waals surface area contributed by atoms with E-state index < -0.39 is 20.9 Å². The summed E-state index contributed by atoms with van der Waals surface area (Å²) >= 11 is 6.07. The fraction of sp³-hybridized carbons (Fsp3) is 0.0952. The van der Waals surface area contributed by atoms with Gasteiger partial charge in [0, 0.05) is 18.2 Å². The minimum Gasteiger partial charge on any atom is -0.316 e. The van der Waals surface area contributed by atoms with E-state index in [2.05, 4.69) is 10.0 Å². The van der Waals surface area contributed by atoms with E-state index in [0.717, 1.165) is 11.6 Å². The minimum atomic E-state index is -3.98. The molecule has 1 amide bonds. The third-order valence-electron chi connectivity index (χ3n) is 4.38. The van der Waals surface area contributed by atoms with Crippen LogP contribution in [0.1, 0.15) is 15.9 Å². The molecule has 0 saturated carbocycles. The van der Waals surface area contributed by atoms with Crippen LogP contribution in [0.15, 0.2) is 77.7 Å². The third kappa shape index (κ3) is 5.66. The summed E-state index contributed by atoms with van der Waals surface area (Å²) in [7, 11) is -3.98. The maximum absolute atomic E-state index is 12.7. The monoisotopic (exact) mass is 459 g/mol. The molecule has 10 heteroatoms. The van der Waals surface area contributed by atoms with Gasteiger partial charge in [-0.05, 0) is 36.2 Å². The second-order valence-corrected chi connectivity index (χ2v) is 8.65. The number of para-hydroxylation sites is 2. The summed E-state index contributed by atoms with van der Waals surface area (Å²) in [5.41, 5.74) is 0.679. The maximum atomic E-state index is 12.7. The van der Waals surface area contributed by atoms with Gasteiger partial charge >= 0.3 is 0 Å². The Kier molecular flexibility index (Phi) is 7.01. The third-order valence-corrected chi connectivity index (χ3v) is 6.32. The van der Waals surface area contributed by atoms with Crippen LogP contribution in [0, 0.1) is 10.1 Å². The van der Waals surface area contributed by atoms with Crippen LogP contribution in [0.25, 0.3) is 0 Å². The van der Waals surface area contributed by atoms with Crippen LogP contribution < -0.4 is 10.0 Å². The molecule has 0 spiro atoms. The van der Waals surface area contributed by atoms with Gasteiger partial charge in [0.1, 0.15) is 10.6 Å². The summed E-state index contributed by atoms with van der Waals surface area (Å²) in [4.78, 5) is 22.8. The lowest BCUT2D eigenvalue weighted by Crippen LogP contribution is -2.26. The van der Waals surface area contributed by atoms with E-state index in [4.69, 9.17) is 11.6 Å². The van der Waals surface area contributed by atoms with Crippen LogP contribution in [-0.2, 0) is 16.4 Å². The van der Waals surface area contributed by atoms with Crippen molar-refractivity contribution in [2.45, 2.75) is 11.3 Å². The molecule has 0 saturated heterocycles. The molecule has 0 radical (unpaired) electrons. The maximum Gasteiger partial charge on any atom is 0.292 e. The molecule has 0 unspecified atom stereocenters. The molecule has 31 heavy (non-hydrogen) atoms. The zero-order valence-electron chi connectivity index (χ0n) is 16.1. The highest BCUT2D eigenvalue weighted by Crippen LogP contribution is 2.26. The van der Waals surface area contributed by atoms with E-state index in [-0.39, 0.29) is 33.4 Å². The van der Waals surface area contributed by atoms with Crippen molar-refractivity contribution < 1.29 is 18.1 Å². The molecule has 0 bridgehead atoms. The molecule has 0 fully saturated rings. The average Bonchev–Trinajstić information content (AvgIpc) is 2.74. The van der Waals surface area contributed by atoms with Crippen molar-refractivity contribution in [2.24, 2.45) is 0 Å². The number of carbonyl (C=O) groups excluding carboxylic acids is 1. The summed E-state index contributed by atoms with van der Waals surface area (Å²) in [5.74, 6) is -0.702. The Morgan fingerprint density at radius 3 is 2.39 bits per heavy atom. The molecule has 8 nitrogen and oxygen atoms in total. The number of halogens is 1. The zero-order chi connectivity index (χ0) is 22.4. The number of hydrogen-bond donors (Lipinski definition) is 2. The van der Waals surface area contributed by atoms with E-state index in [9.17, 15) is 23.3 Å². The Hall–Kier alpha value is -3.27. The van der Waals surface area contributed by atoms with Crippen molar-refractivity contribution in [1.29, 1.82) is 0 Å². The first-order valence-electron chi connectivity index (χ1n) is 9.16.